The third-order valence-corrected chi connectivity index (χ3v) is 2.83. The second-order valence-corrected chi connectivity index (χ2v) is 4.33. The summed E-state index contributed by atoms with van der Waals surface area (Å²) < 4.78 is 0. The van der Waals surface area contributed by atoms with Gasteiger partial charge < -0.3 is 16.2 Å². The van der Waals surface area contributed by atoms with Crippen LogP contribution in [0.1, 0.15) is 20.8 Å². The number of hydrogen-bond acceptors (Lipinski definition) is 4. The summed E-state index contributed by atoms with van der Waals surface area (Å²) in [5.74, 6) is -1.52. The fourth-order valence-corrected chi connectivity index (χ4v) is 1.65. The zero-order chi connectivity index (χ0) is 14.7. The van der Waals surface area contributed by atoms with Crippen molar-refractivity contribution in [2.45, 2.75) is 0 Å². The molecule has 0 radical (unpaired) electrons. The minimum atomic E-state index is -1.13. The van der Waals surface area contributed by atoms with E-state index in [9.17, 15) is 9.59 Å². The molecule has 1 aromatic carbocycles. The molecular formula is C13H10ClN3O3. The molecule has 20 heavy (non-hydrogen) atoms. The van der Waals surface area contributed by atoms with Crippen LogP contribution in [0.5, 0.6) is 0 Å². The van der Waals surface area contributed by atoms with Gasteiger partial charge in [0.15, 0.2) is 0 Å². The predicted octanol–water partition coefficient (Wildman–Crippen LogP) is 2.27. The first kappa shape index (κ1) is 13.8. The quantitative estimate of drug-likeness (QED) is 0.752. The van der Waals surface area contributed by atoms with Gasteiger partial charge in [-0.2, -0.15) is 0 Å². The lowest BCUT2D eigenvalue weighted by Crippen LogP contribution is -2.12. The van der Waals surface area contributed by atoms with E-state index in [1.165, 1.54) is 36.5 Å². The van der Waals surface area contributed by atoms with Crippen molar-refractivity contribution >= 4 is 34.9 Å². The molecule has 2 aromatic rings. The van der Waals surface area contributed by atoms with Crippen LogP contribution in [0.4, 0.5) is 11.4 Å². The molecule has 1 amide bonds. The van der Waals surface area contributed by atoms with Crippen LogP contribution in [0.25, 0.3) is 0 Å². The van der Waals surface area contributed by atoms with Gasteiger partial charge in [-0.05, 0) is 30.3 Å². The Morgan fingerprint density at radius 3 is 2.55 bits per heavy atom. The molecule has 0 aliphatic carbocycles. The fraction of sp³-hybridized carbons (Fsp3) is 0. The number of nitrogens with one attached hydrogen (secondary N) is 1. The number of hydrogen-bond donors (Lipinski definition) is 3. The van der Waals surface area contributed by atoms with Gasteiger partial charge in [0.25, 0.3) is 5.91 Å². The number of anilines is 2. The number of carboxylic acid groups (broad SMARTS) is 1. The number of nitrogens with two attached hydrogens (primary N) is 1. The van der Waals surface area contributed by atoms with Crippen LogP contribution >= 0.6 is 11.6 Å². The predicted molar refractivity (Wildman–Crippen MR) is 75.0 cm³/mol. The highest BCUT2D eigenvalue weighted by Gasteiger charge is 2.09. The van der Waals surface area contributed by atoms with Crippen LogP contribution in [-0.2, 0) is 0 Å². The largest absolute Gasteiger partial charge is 0.477 e. The van der Waals surface area contributed by atoms with Gasteiger partial charge in [-0.3, -0.25) is 4.79 Å². The SMILES string of the molecule is Nc1ccc(C(=O)Nc2ccc(C(=O)O)nc2)cc1Cl. The number of benzene rings is 1. The highest BCUT2D eigenvalue weighted by atomic mass is 35.5. The number of aromatic nitrogens is 1. The van der Waals surface area contributed by atoms with Crippen LogP contribution in [-0.4, -0.2) is 22.0 Å². The number of nitrogens with zero attached hydrogens (tertiary/aromatic N) is 1. The smallest absolute Gasteiger partial charge is 0.354 e. The highest BCUT2D eigenvalue weighted by Crippen LogP contribution is 2.20. The summed E-state index contributed by atoms with van der Waals surface area (Å²) in [6.45, 7) is 0. The molecule has 0 saturated carbocycles. The number of pyridine rings is 1. The number of carbonyl (C=O) groups is 2. The maximum absolute atomic E-state index is 11.9. The van der Waals surface area contributed by atoms with Crippen LogP contribution in [0, 0.1) is 0 Å². The van der Waals surface area contributed by atoms with E-state index in [-0.39, 0.29) is 10.7 Å². The maximum Gasteiger partial charge on any atom is 0.354 e. The summed E-state index contributed by atoms with van der Waals surface area (Å²) in [4.78, 5) is 26.3. The second-order valence-electron chi connectivity index (χ2n) is 3.93. The Hall–Kier alpha value is -2.60. The molecular weight excluding hydrogens is 282 g/mol. The second kappa shape index (κ2) is 5.58. The Bertz CT molecular complexity index is 671. The lowest BCUT2D eigenvalue weighted by Gasteiger charge is -2.06. The molecule has 6 nitrogen and oxygen atoms in total. The van der Waals surface area contributed by atoms with Crippen molar-refractivity contribution in [2.24, 2.45) is 0 Å². The summed E-state index contributed by atoms with van der Waals surface area (Å²) >= 11 is 5.83. The molecule has 0 spiro atoms. The van der Waals surface area contributed by atoms with Gasteiger partial charge in [0.1, 0.15) is 5.69 Å². The zero-order valence-electron chi connectivity index (χ0n) is 10.1. The van der Waals surface area contributed by atoms with E-state index < -0.39 is 11.9 Å². The Morgan fingerprint density at radius 2 is 2.00 bits per heavy atom. The summed E-state index contributed by atoms with van der Waals surface area (Å²) in [5, 5.41) is 11.6. The van der Waals surface area contributed by atoms with E-state index in [0.717, 1.165) is 0 Å². The average Bonchev–Trinajstić information content (AvgIpc) is 2.42. The standard InChI is InChI=1S/C13H10ClN3O3/c14-9-5-7(1-3-10(9)15)12(18)17-8-2-4-11(13(19)20)16-6-8/h1-6H,15H2,(H,17,18)(H,19,20). The molecule has 0 saturated heterocycles. The Kier molecular flexibility index (Phi) is 3.86. The first-order valence-corrected chi connectivity index (χ1v) is 5.91. The number of nitrogen functional groups attached to an aromatic ring is 1. The van der Waals surface area contributed by atoms with Crippen molar-refractivity contribution in [1.29, 1.82) is 0 Å². The maximum atomic E-state index is 11.9. The van der Waals surface area contributed by atoms with E-state index >= 15 is 0 Å². The number of carboxylic acids is 1. The minimum absolute atomic E-state index is 0.0986. The zero-order valence-corrected chi connectivity index (χ0v) is 10.9. The number of carbonyl (C=O) groups excluding carboxylic acids is 1. The number of aromatic carboxylic acids is 1. The molecule has 0 aliphatic rings. The van der Waals surface area contributed by atoms with Gasteiger partial charge in [-0.25, -0.2) is 9.78 Å². The van der Waals surface area contributed by atoms with Gasteiger partial charge in [0.2, 0.25) is 0 Å². The topological polar surface area (TPSA) is 105 Å². The highest BCUT2D eigenvalue weighted by molar-refractivity contribution is 6.33. The molecule has 7 heteroatoms. The molecule has 1 aromatic heterocycles. The number of halogens is 1. The van der Waals surface area contributed by atoms with Crippen LogP contribution in [0.15, 0.2) is 36.5 Å². The van der Waals surface area contributed by atoms with E-state index in [0.29, 0.717) is 16.9 Å². The Morgan fingerprint density at radius 1 is 1.25 bits per heavy atom. The van der Waals surface area contributed by atoms with E-state index in [4.69, 9.17) is 22.4 Å². The van der Waals surface area contributed by atoms with Crippen molar-refractivity contribution in [3.63, 3.8) is 0 Å². The van der Waals surface area contributed by atoms with E-state index in [1.807, 2.05) is 0 Å². The molecule has 1 heterocycles. The lowest BCUT2D eigenvalue weighted by molar-refractivity contribution is 0.0690. The molecule has 0 atom stereocenters. The minimum Gasteiger partial charge on any atom is -0.477 e. The number of amides is 1. The first-order valence-electron chi connectivity index (χ1n) is 5.53. The molecule has 102 valence electrons. The van der Waals surface area contributed by atoms with Crippen molar-refractivity contribution in [3.05, 3.63) is 52.8 Å². The van der Waals surface area contributed by atoms with Gasteiger partial charge in [-0.15, -0.1) is 0 Å². The first-order chi connectivity index (χ1) is 9.47. The van der Waals surface area contributed by atoms with Crippen molar-refractivity contribution in [1.82, 2.24) is 4.98 Å². The van der Waals surface area contributed by atoms with Gasteiger partial charge >= 0.3 is 5.97 Å². The Balaban J connectivity index is 2.14. The van der Waals surface area contributed by atoms with Gasteiger partial charge in [0.05, 0.1) is 22.6 Å². The summed E-state index contributed by atoms with van der Waals surface area (Å²) in [6.07, 6.45) is 1.26. The van der Waals surface area contributed by atoms with Crippen molar-refractivity contribution in [2.75, 3.05) is 11.1 Å². The average molecular weight is 292 g/mol. The molecule has 0 aliphatic heterocycles. The molecule has 0 bridgehead atoms. The van der Waals surface area contributed by atoms with Crippen LogP contribution < -0.4 is 11.1 Å². The van der Waals surface area contributed by atoms with E-state index in [2.05, 4.69) is 10.3 Å². The fourth-order valence-electron chi connectivity index (χ4n) is 1.47. The van der Waals surface area contributed by atoms with Crippen LogP contribution in [0.3, 0.4) is 0 Å². The van der Waals surface area contributed by atoms with Gasteiger partial charge in [0, 0.05) is 5.56 Å². The van der Waals surface area contributed by atoms with Gasteiger partial charge in [-0.1, -0.05) is 11.6 Å². The summed E-state index contributed by atoms with van der Waals surface area (Å²) in [5.41, 5.74) is 6.57. The van der Waals surface area contributed by atoms with Crippen molar-refractivity contribution < 1.29 is 14.7 Å². The summed E-state index contributed by atoms with van der Waals surface area (Å²) in [6, 6.07) is 7.27. The monoisotopic (exact) mass is 291 g/mol. The van der Waals surface area contributed by atoms with Crippen molar-refractivity contribution in [3.8, 4) is 0 Å². The molecule has 2 rings (SSSR count). The van der Waals surface area contributed by atoms with E-state index in [1.54, 1.807) is 0 Å². The molecule has 0 fully saturated rings. The normalized spacial score (nSPS) is 10.1. The third-order valence-electron chi connectivity index (χ3n) is 2.50. The summed E-state index contributed by atoms with van der Waals surface area (Å²) in [7, 11) is 0. The lowest BCUT2D eigenvalue weighted by atomic mass is 10.2. The molecule has 0 unspecified atom stereocenters. The number of rotatable bonds is 3. The molecule has 4 N–H and O–H groups in total. The Labute approximate surface area is 119 Å². The van der Waals surface area contributed by atoms with Crippen LogP contribution in [0.2, 0.25) is 5.02 Å². The third kappa shape index (κ3) is 3.04.